The summed E-state index contributed by atoms with van der Waals surface area (Å²) in [6.45, 7) is 1.81. The second-order valence-corrected chi connectivity index (χ2v) is 5.45. The summed E-state index contributed by atoms with van der Waals surface area (Å²) >= 11 is 0. The minimum atomic E-state index is 0.523. The van der Waals surface area contributed by atoms with Crippen LogP contribution < -0.4 is 20.1 Å². The Hall–Kier alpha value is -3.35. The molecule has 0 atom stereocenters. The number of rotatable bonds is 9. The van der Waals surface area contributed by atoms with Crippen LogP contribution in [-0.2, 0) is 6.54 Å². The van der Waals surface area contributed by atoms with Gasteiger partial charge in [0, 0.05) is 25.0 Å². The van der Waals surface area contributed by atoms with Crippen LogP contribution in [0.5, 0.6) is 11.5 Å². The van der Waals surface area contributed by atoms with Gasteiger partial charge in [0.1, 0.15) is 36.1 Å². The van der Waals surface area contributed by atoms with Gasteiger partial charge in [-0.15, -0.1) is 0 Å². The summed E-state index contributed by atoms with van der Waals surface area (Å²) in [6.07, 6.45) is 5.10. The predicted molar refractivity (Wildman–Crippen MR) is 101 cm³/mol. The molecule has 0 aliphatic carbocycles. The van der Waals surface area contributed by atoms with Crippen molar-refractivity contribution in [1.82, 2.24) is 15.0 Å². The molecule has 0 spiro atoms. The van der Waals surface area contributed by atoms with Gasteiger partial charge in [0.2, 0.25) is 0 Å². The number of nitrogens with one attached hydrogen (secondary N) is 2. The molecule has 0 saturated carbocycles. The van der Waals surface area contributed by atoms with Crippen LogP contribution in [0, 0.1) is 0 Å². The minimum absolute atomic E-state index is 0.523. The maximum Gasteiger partial charge on any atom is 0.131 e. The Morgan fingerprint density at radius 3 is 2.46 bits per heavy atom. The summed E-state index contributed by atoms with van der Waals surface area (Å²) in [7, 11) is 1.64. The predicted octanol–water partition coefficient (Wildman–Crippen LogP) is 2.98. The number of nitrogens with zero attached hydrogens (tertiary/aromatic N) is 3. The second kappa shape index (κ2) is 9.22. The fourth-order valence-electron chi connectivity index (χ4n) is 2.27. The van der Waals surface area contributed by atoms with Gasteiger partial charge < -0.3 is 20.1 Å². The van der Waals surface area contributed by atoms with Crippen LogP contribution in [0.2, 0.25) is 0 Å². The van der Waals surface area contributed by atoms with Gasteiger partial charge in [0.05, 0.1) is 13.7 Å². The Labute approximate surface area is 152 Å². The minimum Gasteiger partial charge on any atom is -0.497 e. The fraction of sp³-hybridized carbons (Fsp3) is 0.211. The summed E-state index contributed by atoms with van der Waals surface area (Å²) in [4.78, 5) is 12.5. The topological polar surface area (TPSA) is 81.2 Å². The van der Waals surface area contributed by atoms with Crippen molar-refractivity contribution < 1.29 is 9.47 Å². The number of benzene rings is 1. The number of pyridine rings is 1. The normalized spacial score (nSPS) is 10.2. The van der Waals surface area contributed by atoms with E-state index in [1.807, 2.05) is 48.7 Å². The van der Waals surface area contributed by atoms with Gasteiger partial charge in [-0.25, -0.2) is 9.97 Å². The highest BCUT2D eigenvalue weighted by Gasteiger charge is 2.00. The van der Waals surface area contributed by atoms with E-state index in [0.29, 0.717) is 19.7 Å². The lowest BCUT2D eigenvalue weighted by molar-refractivity contribution is 0.331. The van der Waals surface area contributed by atoms with Crippen molar-refractivity contribution in [3.8, 4) is 11.5 Å². The number of ether oxygens (including phenoxy) is 2. The summed E-state index contributed by atoms with van der Waals surface area (Å²) in [5, 5.41) is 6.48. The van der Waals surface area contributed by atoms with Crippen LogP contribution in [-0.4, -0.2) is 35.2 Å². The van der Waals surface area contributed by atoms with E-state index < -0.39 is 0 Å². The standard InChI is InChI=1S/C19H21N5O2/c1-25-16-4-6-17(7-5-16)26-10-9-21-18-11-19(24-14-23-18)22-13-15-3-2-8-20-12-15/h2-8,11-12,14H,9-10,13H2,1H3,(H2,21,22,23,24). The lowest BCUT2D eigenvalue weighted by Gasteiger charge is -2.10. The summed E-state index contributed by atoms with van der Waals surface area (Å²) in [5.41, 5.74) is 1.09. The zero-order chi connectivity index (χ0) is 18.0. The molecule has 3 aromatic rings. The maximum absolute atomic E-state index is 5.68. The molecule has 2 N–H and O–H groups in total. The molecule has 0 aliphatic heterocycles. The summed E-state index contributed by atoms with van der Waals surface area (Å²) < 4.78 is 10.8. The Morgan fingerprint density at radius 2 is 1.73 bits per heavy atom. The molecule has 7 heteroatoms. The Kier molecular flexibility index (Phi) is 6.19. The van der Waals surface area contributed by atoms with Crippen molar-refractivity contribution >= 4 is 11.6 Å². The molecule has 0 fully saturated rings. The molecule has 7 nitrogen and oxygen atoms in total. The molecule has 0 saturated heterocycles. The van der Waals surface area contributed by atoms with E-state index in [-0.39, 0.29) is 0 Å². The van der Waals surface area contributed by atoms with Crippen molar-refractivity contribution in [2.24, 2.45) is 0 Å². The molecular weight excluding hydrogens is 330 g/mol. The molecule has 2 heterocycles. The molecule has 0 radical (unpaired) electrons. The van der Waals surface area contributed by atoms with Gasteiger partial charge in [-0.3, -0.25) is 4.98 Å². The highest BCUT2D eigenvalue weighted by molar-refractivity contribution is 5.46. The Morgan fingerprint density at radius 1 is 0.962 bits per heavy atom. The first kappa shape index (κ1) is 17.5. The fourth-order valence-corrected chi connectivity index (χ4v) is 2.27. The van der Waals surface area contributed by atoms with Crippen molar-refractivity contribution in [3.05, 3.63) is 66.7 Å². The first-order valence-electron chi connectivity index (χ1n) is 8.29. The zero-order valence-corrected chi connectivity index (χ0v) is 14.6. The van der Waals surface area contributed by atoms with Gasteiger partial charge in [-0.2, -0.15) is 0 Å². The van der Waals surface area contributed by atoms with Crippen LogP contribution in [0.1, 0.15) is 5.56 Å². The van der Waals surface area contributed by atoms with Crippen LogP contribution in [0.25, 0.3) is 0 Å². The lowest BCUT2D eigenvalue weighted by Crippen LogP contribution is -2.13. The SMILES string of the molecule is COc1ccc(OCCNc2cc(NCc3cccnc3)ncn2)cc1. The number of methoxy groups -OCH3 is 1. The monoisotopic (exact) mass is 351 g/mol. The molecule has 2 aromatic heterocycles. The van der Waals surface area contributed by atoms with Crippen LogP contribution in [0.15, 0.2) is 61.2 Å². The van der Waals surface area contributed by atoms with E-state index >= 15 is 0 Å². The highest BCUT2D eigenvalue weighted by Crippen LogP contribution is 2.17. The van der Waals surface area contributed by atoms with Crippen molar-refractivity contribution in [2.45, 2.75) is 6.54 Å². The molecule has 0 amide bonds. The largest absolute Gasteiger partial charge is 0.497 e. The van der Waals surface area contributed by atoms with Crippen LogP contribution in [0.3, 0.4) is 0 Å². The van der Waals surface area contributed by atoms with Gasteiger partial charge in [0.15, 0.2) is 0 Å². The van der Waals surface area contributed by atoms with Gasteiger partial charge >= 0.3 is 0 Å². The maximum atomic E-state index is 5.68. The van der Waals surface area contributed by atoms with E-state index in [1.165, 1.54) is 6.33 Å². The molecule has 134 valence electrons. The highest BCUT2D eigenvalue weighted by atomic mass is 16.5. The zero-order valence-electron chi connectivity index (χ0n) is 14.6. The average molecular weight is 351 g/mol. The van der Waals surface area contributed by atoms with E-state index in [9.17, 15) is 0 Å². The third-order valence-corrected chi connectivity index (χ3v) is 3.60. The molecule has 1 aromatic carbocycles. The molecule has 26 heavy (non-hydrogen) atoms. The summed E-state index contributed by atoms with van der Waals surface area (Å²) in [6, 6.07) is 13.3. The lowest BCUT2D eigenvalue weighted by atomic mass is 10.3. The van der Waals surface area contributed by atoms with Crippen molar-refractivity contribution in [2.75, 3.05) is 30.9 Å². The van der Waals surface area contributed by atoms with Crippen LogP contribution in [0.4, 0.5) is 11.6 Å². The Bertz CT molecular complexity index is 797. The van der Waals surface area contributed by atoms with Crippen LogP contribution >= 0.6 is 0 Å². The average Bonchev–Trinajstić information content (AvgIpc) is 2.71. The van der Waals surface area contributed by atoms with E-state index in [2.05, 4.69) is 25.6 Å². The molecule has 0 aliphatic rings. The molecule has 0 bridgehead atoms. The first-order chi connectivity index (χ1) is 12.8. The summed E-state index contributed by atoms with van der Waals surface area (Å²) in [5.74, 6) is 3.10. The Balaban J connectivity index is 1.43. The quantitative estimate of drug-likeness (QED) is 0.574. The van der Waals surface area contributed by atoms with Gasteiger partial charge in [-0.1, -0.05) is 6.07 Å². The second-order valence-electron chi connectivity index (χ2n) is 5.45. The van der Waals surface area contributed by atoms with Gasteiger partial charge in [-0.05, 0) is 35.9 Å². The van der Waals surface area contributed by atoms with E-state index in [0.717, 1.165) is 28.7 Å². The molecular formula is C19H21N5O2. The van der Waals surface area contributed by atoms with Gasteiger partial charge in [0.25, 0.3) is 0 Å². The van der Waals surface area contributed by atoms with Crippen molar-refractivity contribution in [1.29, 1.82) is 0 Å². The number of hydrogen-bond donors (Lipinski definition) is 2. The number of hydrogen-bond acceptors (Lipinski definition) is 7. The first-order valence-corrected chi connectivity index (χ1v) is 8.29. The number of anilines is 2. The van der Waals surface area contributed by atoms with E-state index in [4.69, 9.17) is 9.47 Å². The molecule has 3 rings (SSSR count). The van der Waals surface area contributed by atoms with Crippen molar-refractivity contribution in [3.63, 3.8) is 0 Å². The number of aromatic nitrogens is 3. The van der Waals surface area contributed by atoms with E-state index in [1.54, 1.807) is 13.3 Å². The third-order valence-electron chi connectivity index (χ3n) is 3.60. The molecule has 0 unspecified atom stereocenters. The third kappa shape index (κ3) is 5.34. The smallest absolute Gasteiger partial charge is 0.131 e.